The maximum absolute atomic E-state index is 5.45. The molecule has 1 aliphatic heterocycles. The van der Waals surface area contributed by atoms with E-state index < -0.39 is 0 Å². The average Bonchev–Trinajstić information content (AvgIpc) is 3.21. The second-order valence-corrected chi connectivity index (χ2v) is 7.53. The van der Waals surface area contributed by atoms with Crippen LogP contribution < -0.4 is 15.4 Å². The van der Waals surface area contributed by atoms with Crippen LogP contribution in [0.3, 0.4) is 0 Å². The van der Waals surface area contributed by atoms with Gasteiger partial charge in [0.1, 0.15) is 5.75 Å². The molecule has 7 heteroatoms. The lowest BCUT2D eigenvalue weighted by Crippen LogP contribution is -2.47. The second-order valence-electron chi connectivity index (χ2n) is 7.53. The van der Waals surface area contributed by atoms with Crippen LogP contribution in [0.25, 0.3) is 0 Å². The smallest absolute Gasteiger partial charge is 0.191 e. The molecule has 2 aliphatic rings. The van der Waals surface area contributed by atoms with E-state index in [2.05, 4.69) is 38.7 Å². The summed E-state index contributed by atoms with van der Waals surface area (Å²) in [7, 11) is 3.58. The van der Waals surface area contributed by atoms with Gasteiger partial charge in [-0.25, -0.2) is 0 Å². The topological polar surface area (TPSA) is 58.1 Å². The Kier molecular flexibility index (Phi) is 9.81. The monoisotopic (exact) mass is 502 g/mol. The van der Waals surface area contributed by atoms with E-state index in [0.29, 0.717) is 0 Å². The highest BCUT2D eigenvalue weighted by Gasteiger charge is 2.36. The van der Waals surface area contributed by atoms with E-state index in [9.17, 15) is 0 Å². The van der Waals surface area contributed by atoms with Crippen molar-refractivity contribution in [1.82, 2.24) is 15.5 Å². The molecule has 1 aliphatic carbocycles. The molecule has 1 saturated heterocycles. The van der Waals surface area contributed by atoms with Gasteiger partial charge in [0, 0.05) is 45.2 Å². The van der Waals surface area contributed by atoms with Crippen LogP contribution in [-0.4, -0.2) is 71.0 Å². The molecule has 0 aromatic heterocycles. The van der Waals surface area contributed by atoms with Crippen LogP contribution in [-0.2, 0) is 10.2 Å². The standard InChI is InChI=1S/C21H34N4O2.HI/c1-22-20(23-10-11-25-12-14-27-15-13-25)24-17-21(8-3-4-9-21)18-6-5-7-19(16-18)26-2;/h5-7,16H,3-4,8-15,17H2,1-2H3,(H2,22,23,24);1H. The lowest BCUT2D eigenvalue weighted by Gasteiger charge is -2.31. The van der Waals surface area contributed by atoms with Crippen molar-refractivity contribution in [3.63, 3.8) is 0 Å². The van der Waals surface area contributed by atoms with Gasteiger partial charge in [0.25, 0.3) is 0 Å². The van der Waals surface area contributed by atoms with E-state index in [1.54, 1.807) is 7.11 Å². The number of methoxy groups -OCH3 is 1. The van der Waals surface area contributed by atoms with E-state index in [0.717, 1.165) is 57.6 Å². The Morgan fingerprint density at radius 2 is 1.96 bits per heavy atom. The molecule has 1 aromatic rings. The molecule has 158 valence electrons. The van der Waals surface area contributed by atoms with E-state index in [1.165, 1.54) is 31.2 Å². The summed E-state index contributed by atoms with van der Waals surface area (Å²) >= 11 is 0. The zero-order chi connectivity index (χ0) is 19.0. The molecule has 0 bridgehead atoms. The number of morpholine rings is 1. The van der Waals surface area contributed by atoms with Crippen LogP contribution in [0.2, 0.25) is 0 Å². The number of nitrogens with one attached hydrogen (secondary N) is 2. The van der Waals surface area contributed by atoms with Gasteiger partial charge in [0.05, 0.1) is 20.3 Å². The van der Waals surface area contributed by atoms with Gasteiger partial charge in [0.2, 0.25) is 0 Å². The molecule has 2 fully saturated rings. The summed E-state index contributed by atoms with van der Waals surface area (Å²) in [6.07, 6.45) is 4.97. The first-order valence-electron chi connectivity index (χ1n) is 10.1. The van der Waals surface area contributed by atoms with Gasteiger partial charge < -0.3 is 20.1 Å². The van der Waals surface area contributed by atoms with Crippen LogP contribution in [0.5, 0.6) is 5.75 Å². The second kappa shape index (κ2) is 11.8. The first kappa shape index (κ1) is 23.2. The largest absolute Gasteiger partial charge is 0.497 e. The van der Waals surface area contributed by atoms with Crippen molar-refractivity contribution in [3.05, 3.63) is 29.8 Å². The molecular formula is C21H35IN4O2. The van der Waals surface area contributed by atoms with Crippen LogP contribution in [0, 0.1) is 0 Å². The highest BCUT2D eigenvalue weighted by atomic mass is 127. The molecule has 0 spiro atoms. The molecule has 0 atom stereocenters. The minimum Gasteiger partial charge on any atom is -0.497 e. The molecule has 1 saturated carbocycles. The normalized spacial score (nSPS) is 19.7. The number of hydrogen-bond acceptors (Lipinski definition) is 4. The van der Waals surface area contributed by atoms with Gasteiger partial charge in [-0.15, -0.1) is 24.0 Å². The number of ether oxygens (including phenoxy) is 2. The molecule has 0 unspecified atom stereocenters. The molecule has 6 nitrogen and oxygen atoms in total. The Balaban J connectivity index is 0.00000280. The van der Waals surface area contributed by atoms with Gasteiger partial charge in [-0.05, 0) is 30.5 Å². The Bertz CT molecular complexity index is 614. The molecule has 0 radical (unpaired) electrons. The quantitative estimate of drug-likeness (QED) is 0.341. The molecule has 0 amide bonds. The Morgan fingerprint density at radius 1 is 1.21 bits per heavy atom. The zero-order valence-corrected chi connectivity index (χ0v) is 19.5. The van der Waals surface area contributed by atoms with Gasteiger partial charge >= 0.3 is 0 Å². The molecule has 2 N–H and O–H groups in total. The summed E-state index contributed by atoms with van der Waals surface area (Å²) in [5.41, 5.74) is 1.53. The van der Waals surface area contributed by atoms with Crippen molar-refractivity contribution in [3.8, 4) is 5.75 Å². The minimum atomic E-state index is 0. The fourth-order valence-electron chi connectivity index (χ4n) is 4.20. The van der Waals surface area contributed by atoms with Crippen LogP contribution >= 0.6 is 24.0 Å². The lowest BCUT2D eigenvalue weighted by molar-refractivity contribution is 0.0389. The van der Waals surface area contributed by atoms with Gasteiger partial charge in [-0.3, -0.25) is 9.89 Å². The molecule has 28 heavy (non-hydrogen) atoms. The van der Waals surface area contributed by atoms with Crippen molar-refractivity contribution in [2.24, 2.45) is 4.99 Å². The first-order valence-corrected chi connectivity index (χ1v) is 10.1. The van der Waals surface area contributed by atoms with E-state index in [-0.39, 0.29) is 29.4 Å². The Hall–Kier alpha value is -1.06. The fourth-order valence-corrected chi connectivity index (χ4v) is 4.20. The number of nitrogens with zero attached hydrogens (tertiary/aromatic N) is 2. The zero-order valence-electron chi connectivity index (χ0n) is 17.2. The Morgan fingerprint density at radius 3 is 2.64 bits per heavy atom. The molecular weight excluding hydrogens is 467 g/mol. The van der Waals surface area contributed by atoms with Crippen LogP contribution in [0.15, 0.2) is 29.3 Å². The number of aliphatic imine (C=N–C) groups is 1. The number of rotatable bonds is 7. The van der Waals surface area contributed by atoms with Crippen molar-refractivity contribution in [1.29, 1.82) is 0 Å². The predicted octanol–water partition coefficient (Wildman–Crippen LogP) is 2.62. The number of guanidine groups is 1. The third-order valence-electron chi connectivity index (χ3n) is 5.88. The summed E-state index contributed by atoms with van der Waals surface area (Å²) in [5.74, 6) is 1.82. The average molecular weight is 502 g/mol. The van der Waals surface area contributed by atoms with Gasteiger partial charge in [0.15, 0.2) is 5.96 Å². The van der Waals surface area contributed by atoms with Crippen LogP contribution in [0.1, 0.15) is 31.2 Å². The predicted molar refractivity (Wildman–Crippen MR) is 125 cm³/mol. The summed E-state index contributed by atoms with van der Waals surface area (Å²) in [4.78, 5) is 6.85. The van der Waals surface area contributed by atoms with Crippen molar-refractivity contribution in [2.75, 3.05) is 60.1 Å². The maximum Gasteiger partial charge on any atom is 0.191 e. The maximum atomic E-state index is 5.45. The number of halogens is 1. The highest BCUT2D eigenvalue weighted by molar-refractivity contribution is 14.0. The summed E-state index contributed by atoms with van der Waals surface area (Å²) in [6, 6.07) is 8.56. The van der Waals surface area contributed by atoms with Gasteiger partial charge in [-0.2, -0.15) is 0 Å². The fraction of sp³-hybridized carbons (Fsp3) is 0.667. The van der Waals surface area contributed by atoms with Gasteiger partial charge in [-0.1, -0.05) is 25.0 Å². The number of hydrogen-bond donors (Lipinski definition) is 2. The lowest BCUT2D eigenvalue weighted by atomic mass is 9.78. The van der Waals surface area contributed by atoms with Crippen molar-refractivity contribution in [2.45, 2.75) is 31.1 Å². The highest BCUT2D eigenvalue weighted by Crippen LogP contribution is 2.41. The van der Waals surface area contributed by atoms with E-state index in [1.807, 2.05) is 13.1 Å². The molecule has 1 heterocycles. The van der Waals surface area contributed by atoms with E-state index in [4.69, 9.17) is 9.47 Å². The third kappa shape index (κ3) is 6.22. The summed E-state index contributed by atoms with van der Waals surface area (Å²) in [5, 5.41) is 7.04. The molecule has 3 rings (SSSR count). The van der Waals surface area contributed by atoms with E-state index >= 15 is 0 Å². The summed E-state index contributed by atoms with van der Waals surface area (Å²) < 4.78 is 10.9. The number of benzene rings is 1. The summed E-state index contributed by atoms with van der Waals surface area (Å²) in [6.45, 7) is 6.54. The molecule has 1 aromatic carbocycles. The SMILES string of the molecule is CN=C(NCCN1CCOCC1)NCC1(c2cccc(OC)c2)CCCC1.I. The van der Waals surface area contributed by atoms with Crippen molar-refractivity contribution < 1.29 is 9.47 Å². The minimum absolute atomic E-state index is 0. The third-order valence-corrected chi connectivity index (χ3v) is 5.88. The Labute approximate surface area is 186 Å². The van der Waals surface area contributed by atoms with Crippen LogP contribution in [0.4, 0.5) is 0 Å². The first-order chi connectivity index (χ1) is 13.3. The van der Waals surface area contributed by atoms with Crippen molar-refractivity contribution >= 4 is 29.9 Å².